The van der Waals surface area contributed by atoms with E-state index in [-0.39, 0.29) is 0 Å². The molecule has 20 heavy (non-hydrogen) atoms. The quantitative estimate of drug-likeness (QED) is 0.406. The van der Waals surface area contributed by atoms with Crippen LogP contribution in [0.3, 0.4) is 0 Å². The van der Waals surface area contributed by atoms with Gasteiger partial charge in [0.2, 0.25) is 11.6 Å². The molecule has 0 atom stereocenters. The maximum absolute atomic E-state index is 13.2. The van der Waals surface area contributed by atoms with Gasteiger partial charge in [0.1, 0.15) is 5.69 Å². The van der Waals surface area contributed by atoms with Crippen molar-refractivity contribution in [2.45, 2.75) is 6.92 Å². The Kier molecular flexibility index (Phi) is 3.97. The number of hydrogen-bond acceptors (Lipinski definition) is 3. The lowest BCUT2D eigenvalue weighted by atomic mass is 10.2. The van der Waals surface area contributed by atoms with Gasteiger partial charge >= 0.3 is 0 Å². The van der Waals surface area contributed by atoms with Crippen LogP contribution in [0.4, 0.5) is 23.2 Å². The Labute approximate surface area is 112 Å². The summed E-state index contributed by atoms with van der Waals surface area (Å²) in [5, 5.41) is 3.53. The zero-order valence-electron chi connectivity index (χ0n) is 10.3. The molecule has 0 unspecified atom stereocenters. The summed E-state index contributed by atoms with van der Waals surface area (Å²) in [7, 11) is 0. The van der Waals surface area contributed by atoms with Gasteiger partial charge in [0.05, 0.1) is 6.21 Å². The molecule has 0 radical (unpaired) electrons. The Morgan fingerprint density at radius 1 is 1.00 bits per heavy atom. The predicted octanol–water partition coefficient (Wildman–Crippen LogP) is 3.39. The molecule has 1 aromatic heterocycles. The number of halogens is 4. The third-order valence-corrected chi connectivity index (χ3v) is 2.46. The minimum absolute atomic E-state index is 0.652. The molecule has 2 rings (SSSR count). The van der Waals surface area contributed by atoms with Crippen molar-refractivity contribution in [1.29, 1.82) is 0 Å². The summed E-state index contributed by atoms with van der Waals surface area (Å²) in [4.78, 5) is 2.43. The molecule has 0 fully saturated rings. The molecule has 0 aliphatic heterocycles. The molecule has 7 heteroatoms. The maximum Gasteiger partial charge on any atom is 0.254 e. The van der Waals surface area contributed by atoms with Crippen LogP contribution < -0.4 is 5.43 Å². The molecule has 1 heterocycles. The van der Waals surface area contributed by atoms with Gasteiger partial charge in [-0.2, -0.15) is 27.6 Å². The molecule has 0 aliphatic carbocycles. The number of hydrogen-bond donors (Lipinski definition) is 1. The number of benzene rings is 1. The zero-order chi connectivity index (χ0) is 14.7. The molecule has 0 amide bonds. The number of nitrogens with zero attached hydrogens (tertiary/aromatic N) is 2. The van der Waals surface area contributed by atoms with Crippen LogP contribution in [0.2, 0.25) is 0 Å². The number of aromatic nitrogens is 1. The summed E-state index contributed by atoms with van der Waals surface area (Å²) in [6.07, 6.45) is 1.26. The smallest absolute Gasteiger partial charge is 0.254 e. The largest absolute Gasteiger partial charge is 0.272 e. The number of aryl methyl sites for hydroxylation is 1. The normalized spacial score (nSPS) is 11.1. The van der Waals surface area contributed by atoms with E-state index >= 15 is 0 Å². The molecule has 0 saturated carbocycles. The van der Waals surface area contributed by atoms with Crippen LogP contribution >= 0.6 is 0 Å². The van der Waals surface area contributed by atoms with E-state index in [1.165, 1.54) is 6.21 Å². The molecular formula is C13H9F4N3. The molecule has 0 saturated heterocycles. The van der Waals surface area contributed by atoms with Crippen molar-refractivity contribution in [2.75, 3.05) is 5.43 Å². The van der Waals surface area contributed by atoms with Crippen LogP contribution in [0.1, 0.15) is 11.1 Å². The Morgan fingerprint density at radius 3 is 2.10 bits per heavy atom. The van der Waals surface area contributed by atoms with Gasteiger partial charge < -0.3 is 0 Å². The highest BCUT2D eigenvalue weighted by Gasteiger charge is 2.20. The molecule has 1 aromatic carbocycles. The van der Waals surface area contributed by atoms with Crippen LogP contribution in [0.5, 0.6) is 0 Å². The first kappa shape index (κ1) is 14.0. The van der Waals surface area contributed by atoms with E-state index in [9.17, 15) is 17.6 Å². The van der Waals surface area contributed by atoms with Gasteiger partial charge in [-0.15, -0.1) is 0 Å². The second kappa shape index (κ2) is 5.68. The molecule has 1 N–H and O–H groups in total. The van der Waals surface area contributed by atoms with Crippen LogP contribution in [0.25, 0.3) is 0 Å². The number of hydrazone groups is 1. The summed E-state index contributed by atoms with van der Waals surface area (Å²) >= 11 is 0. The van der Waals surface area contributed by atoms with E-state index in [1.807, 2.05) is 24.5 Å². The van der Waals surface area contributed by atoms with E-state index in [0.29, 0.717) is 5.56 Å². The first-order valence-electron chi connectivity index (χ1n) is 5.54. The monoisotopic (exact) mass is 283 g/mol. The Hall–Kier alpha value is -2.44. The van der Waals surface area contributed by atoms with Crippen molar-refractivity contribution < 1.29 is 17.6 Å². The van der Waals surface area contributed by atoms with Gasteiger partial charge in [0, 0.05) is 0 Å². The Bertz CT molecular complexity index is 627. The number of rotatable bonds is 3. The second-order valence-corrected chi connectivity index (χ2v) is 3.98. The van der Waals surface area contributed by atoms with Crippen LogP contribution in [0, 0.1) is 30.5 Å². The van der Waals surface area contributed by atoms with Crippen molar-refractivity contribution in [3.63, 3.8) is 0 Å². The first-order valence-corrected chi connectivity index (χ1v) is 5.54. The average molecular weight is 283 g/mol. The van der Waals surface area contributed by atoms with Gasteiger partial charge in [0.15, 0.2) is 0 Å². The van der Waals surface area contributed by atoms with Gasteiger partial charge in [0.25, 0.3) is 11.9 Å². The summed E-state index contributed by atoms with van der Waals surface area (Å²) in [6.45, 7) is 1.90. The lowest BCUT2D eigenvalue weighted by Gasteiger charge is -2.04. The van der Waals surface area contributed by atoms with E-state index in [1.54, 1.807) is 12.1 Å². The number of pyridine rings is 1. The molecule has 2 aromatic rings. The third kappa shape index (κ3) is 2.93. The number of nitrogens with one attached hydrogen (secondary N) is 1. The lowest BCUT2D eigenvalue weighted by molar-refractivity contribution is 0.411. The molecule has 0 aliphatic rings. The van der Waals surface area contributed by atoms with E-state index in [4.69, 9.17) is 0 Å². The summed E-state index contributed by atoms with van der Waals surface area (Å²) < 4.78 is 52.1. The van der Waals surface area contributed by atoms with E-state index in [0.717, 1.165) is 5.56 Å². The van der Waals surface area contributed by atoms with Crippen LogP contribution in [-0.4, -0.2) is 11.2 Å². The van der Waals surface area contributed by atoms with Crippen molar-refractivity contribution in [2.24, 2.45) is 5.10 Å². The average Bonchev–Trinajstić information content (AvgIpc) is 2.42. The lowest BCUT2D eigenvalue weighted by Crippen LogP contribution is -2.05. The highest BCUT2D eigenvalue weighted by atomic mass is 19.2. The molecule has 0 spiro atoms. The van der Waals surface area contributed by atoms with Crippen molar-refractivity contribution in [1.82, 2.24) is 4.98 Å². The van der Waals surface area contributed by atoms with Crippen LogP contribution in [0.15, 0.2) is 29.4 Å². The van der Waals surface area contributed by atoms with Crippen LogP contribution in [-0.2, 0) is 0 Å². The Morgan fingerprint density at radius 2 is 1.55 bits per heavy atom. The van der Waals surface area contributed by atoms with E-state index < -0.39 is 29.2 Å². The van der Waals surface area contributed by atoms with Crippen molar-refractivity contribution in [3.8, 4) is 0 Å². The summed E-state index contributed by atoms with van der Waals surface area (Å²) in [6, 6.07) is 7.07. The highest BCUT2D eigenvalue weighted by molar-refractivity contribution is 5.80. The summed E-state index contributed by atoms with van der Waals surface area (Å²) in [5.74, 6) is -6.75. The fourth-order valence-electron chi connectivity index (χ4n) is 1.41. The molecule has 3 nitrogen and oxygen atoms in total. The van der Waals surface area contributed by atoms with Gasteiger partial charge in [-0.1, -0.05) is 29.8 Å². The fraction of sp³-hybridized carbons (Fsp3) is 0.0769. The van der Waals surface area contributed by atoms with Crippen molar-refractivity contribution in [3.05, 3.63) is 58.9 Å². The minimum Gasteiger partial charge on any atom is -0.272 e. The predicted molar refractivity (Wildman–Crippen MR) is 66.5 cm³/mol. The van der Waals surface area contributed by atoms with Crippen molar-refractivity contribution >= 4 is 11.9 Å². The SMILES string of the molecule is Cc1ccc(/C=N/Nc2c(F)c(F)nc(F)c2F)cc1. The fourth-order valence-corrected chi connectivity index (χ4v) is 1.41. The minimum atomic E-state index is -1.74. The maximum atomic E-state index is 13.2. The molecule has 104 valence electrons. The first-order chi connectivity index (χ1) is 9.49. The Balaban J connectivity index is 2.21. The zero-order valence-corrected chi connectivity index (χ0v) is 10.3. The standard InChI is InChI=1S/C13H9F4N3/c1-7-2-4-8(5-3-7)6-18-20-11-9(14)12(16)19-13(17)10(11)15/h2-6H,1H3,(H,19,20)/b18-6+. The van der Waals surface area contributed by atoms with Gasteiger partial charge in [-0.05, 0) is 12.5 Å². The van der Waals surface area contributed by atoms with Gasteiger partial charge in [-0.3, -0.25) is 5.43 Å². The molecule has 0 bridgehead atoms. The third-order valence-electron chi connectivity index (χ3n) is 2.46. The molecular weight excluding hydrogens is 274 g/mol. The van der Waals surface area contributed by atoms with E-state index in [2.05, 4.69) is 10.1 Å². The summed E-state index contributed by atoms with van der Waals surface area (Å²) in [5.41, 5.74) is 2.58. The second-order valence-electron chi connectivity index (χ2n) is 3.98. The highest BCUT2D eigenvalue weighted by Crippen LogP contribution is 2.21. The number of anilines is 1. The topological polar surface area (TPSA) is 37.3 Å². The van der Waals surface area contributed by atoms with Gasteiger partial charge in [-0.25, -0.2) is 0 Å².